The van der Waals surface area contributed by atoms with Crippen molar-refractivity contribution in [3.8, 4) is 0 Å². The molecule has 2 aliphatic rings. The average molecular weight is 436 g/mol. The Bertz CT molecular complexity index is 921. The van der Waals surface area contributed by atoms with Gasteiger partial charge in [0.15, 0.2) is 0 Å². The van der Waals surface area contributed by atoms with Gasteiger partial charge in [-0.3, -0.25) is 4.79 Å². The van der Waals surface area contributed by atoms with Crippen LogP contribution in [0.15, 0.2) is 5.16 Å². The topological polar surface area (TPSA) is 99.0 Å². The van der Waals surface area contributed by atoms with Crippen LogP contribution in [0.5, 0.6) is 0 Å². The monoisotopic (exact) mass is 435 g/mol. The Labute approximate surface area is 177 Å². The number of carbonyl (C=O) groups excluding carboxylic acids is 2. The van der Waals surface area contributed by atoms with Crippen LogP contribution in [0.1, 0.15) is 66.9 Å². The van der Waals surface area contributed by atoms with Gasteiger partial charge in [-0.1, -0.05) is 18.7 Å². The number of thioether (sulfide) groups is 1. The summed E-state index contributed by atoms with van der Waals surface area (Å²) in [5.74, 6) is 0.0564. The Kier molecular flexibility index (Phi) is 5.91. The number of hydrogen-bond donors (Lipinski definition) is 1. The molecule has 156 valence electrons. The van der Waals surface area contributed by atoms with E-state index in [9.17, 15) is 9.59 Å². The lowest BCUT2D eigenvalue weighted by atomic mass is 9.88. The number of fused-ring (bicyclic) bond motifs is 1. The third-order valence-corrected chi connectivity index (χ3v) is 7.45. The summed E-state index contributed by atoms with van der Waals surface area (Å²) in [7, 11) is 0. The third kappa shape index (κ3) is 4.32. The van der Waals surface area contributed by atoms with Crippen molar-refractivity contribution in [3.63, 3.8) is 0 Å². The molecular weight excluding hydrogens is 410 g/mol. The van der Waals surface area contributed by atoms with Crippen LogP contribution in [0.2, 0.25) is 0 Å². The van der Waals surface area contributed by atoms with Crippen LogP contribution < -0.4 is 5.32 Å². The van der Waals surface area contributed by atoms with Gasteiger partial charge in [0.2, 0.25) is 11.1 Å². The number of nitrogens with zero attached hydrogens (tertiary/aromatic N) is 4. The number of anilines is 1. The fourth-order valence-corrected chi connectivity index (χ4v) is 5.76. The van der Waals surface area contributed by atoms with Crippen LogP contribution in [0.25, 0.3) is 0 Å². The minimum absolute atomic E-state index is 0.169. The highest BCUT2D eigenvalue weighted by atomic mass is 32.2. The molecule has 1 amide bonds. The fraction of sp³-hybridized carbons (Fsp3) is 0.632. The molecule has 1 N–H and O–H groups in total. The molecule has 2 aliphatic carbocycles. The van der Waals surface area contributed by atoms with Crippen LogP contribution in [0, 0.1) is 5.92 Å². The lowest BCUT2D eigenvalue weighted by molar-refractivity contribution is -0.115. The van der Waals surface area contributed by atoms with Crippen LogP contribution in [-0.4, -0.2) is 43.9 Å². The standard InChI is InChI=1S/C19H25N5O3S2/c1-4-27-18(26)15-13-8-5-10(2)9-14(13)29-17(15)20-16(25)11(3)28-19-21-22-23-24(19)12-6-7-12/h10-12H,4-9H2,1-3H3,(H,20,25). The quantitative estimate of drug-likeness (QED) is 0.525. The zero-order chi connectivity index (χ0) is 20.5. The first-order valence-electron chi connectivity index (χ1n) is 10.0. The molecule has 4 rings (SSSR count). The number of tetrazole rings is 1. The van der Waals surface area contributed by atoms with Gasteiger partial charge in [0, 0.05) is 4.88 Å². The first-order valence-corrected chi connectivity index (χ1v) is 11.7. The molecule has 29 heavy (non-hydrogen) atoms. The number of aromatic nitrogens is 4. The summed E-state index contributed by atoms with van der Waals surface area (Å²) >= 11 is 2.84. The van der Waals surface area contributed by atoms with E-state index in [1.807, 2.05) is 6.92 Å². The average Bonchev–Trinajstić information content (AvgIpc) is 3.32. The van der Waals surface area contributed by atoms with Gasteiger partial charge in [-0.2, -0.15) is 0 Å². The molecular formula is C19H25N5O3S2. The molecule has 2 unspecified atom stereocenters. The molecule has 0 bridgehead atoms. The summed E-state index contributed by atoms with van der Waals surface area (Å²) in [4.78, 5) is 26.7. The highest BCUT2D eigenvalue weighted by Crippen LogP contribution is 2.41. The van der Waals surface area contributed by atoms with Crippen molar-refractivity contribution in [2.75, 3.05) is 11.9 Å². The molecule has 10 heteroatoms. The molecule has 8 nitrogen and oxygen atoms in total. The van der Waals surface area contributed by atoms with Crippen molar-refractivity contribution in [1.82, 2.24) is 20.2 Å². The van der Waals surface area contributed by atoms with Crippen molar-refractivity contribution in [2.24, 2.45) is 5.92 Å². The molecule has 0 aliphatic heterocycles. The summed E-state index contributed by atoms with van der Waals surface area (Å²) in [6.07, 6.45) is 4.96. The number of nitrogens with one attached hydrogen (secondary N) is 1. The summed E-state index contributed by atoms with van der Waals surface area (Å²) in [6, 6.07) is 0.351. The predicted molar refractivity (Wildman–Crippen MR) is 112 cm³/mol. The highest BCUT2D eigenvalue weighted by Gasteiger charge is 2.32. The maximum Gasteiger partial charge on any atom is 0.341 e. The summed E-state index contributed by atoms with van der Waals surface area (Å²) in [5, 5.41) is 15.7. The second-order valence-corrected chi connectivity index (χ2v) is 10.1. The van der Waals surface area contributed by atoms with Gasteiger partial charge in [-0.05, 0) is 67.9 Å². The SMILES string of the molecule is CCOC(=O)c1c(NC(=O)C(C)Sc2nnnn2C2CC2)sc2c1CCC(C)C2. The lowest BCUT2D eigenvalue weighted by Crippen LogP contribution is -2.24. The number of carbonyl (C=O) groups is 2. The highest BCUT2D eigenvalue weighted by molar-refractivity contribution is 8.00. The molecule has 2 aromatic rings. The van der Waals surface area contributed by atoms with E-state index in [4.69, 9.17) is 4.74 Å². The number of hydrogen-bond acceptors (Lipinski definition) is 8. The number of amides is 1. The Morgan fingerprint density at radius 1 is 1.38 bits per heavy atom. The molecule has 0 saturated heterocycles. The van der Waals surface area contributed by atoms with Crippen LogP contribution in [0.3, 0.4) is 0 Å². The molecule has 2 aromatic heterocycles. The minimum atomic E-state index is -0.397. The van der Waals surface area contributed by atoms with Crippen LogP contribution in [0.4, 0.5) is 5.00 Å². The smallest absolute Gasteiger partial charge is 0.341 e. The molecule has 2 heterocycles. The number of thiophene rings is 1. The van der Waals surface area contributed by atoms with Crippen molar-refractivity contribution < 1.29 is 14.3 Å². The van der Waals surface area contributed by atoms with Crippen molar-refractivity contribution in [3.05, 3.63) is 16.0 Å². The van der Waals surface area contributed by atoms with Gasteiger partial charge in [0.1, 0.15) is 5.00 Å². The lowest BCUT2D eigenvalue weighted by Gasteiger charge is -2.18. The Morgan fingerprint density at radius 2 is 2.17 bits per heavy atom. The maximum absolute atomic E-state index is 12.9. The van der Waals surface area contributed by atoms with Crippen molar-refractivity contribution in [1.29, 1.82) is 0 Å². The number of esters is 1. The molecule has 0 aromatic carbocycles. The molecule has 1 saturated carbocycles. The van der Waals surface area contributed by atoms with E-state index in [0.717, 1.165) is 37.7 Å². The summed E-state index contributed by atoms with van der Waals surface area (Å²) in [5.41, 5.74) is 1.58. The zero-order valence-electron chi connectivity index (χ0n) is 16.8. The Morgan fingerprint density at radius 3 is 2.90 bits per heavy atom. The molecule has 2 atom stereocenters. The summed E-state index contributed by atoms with van der Waals surface area (Å²) < 4.78 is 7.07. The van der Waals surface area contributed by atoms with Gasteiger partial charge < -0.3 is 10.1 Å². The Hall–Kier alpha value is -1.94. The van der Waals surface area contributed by atoms with E-state index in [0.29, 0.717) is 34.3 Å². The predicted octanol–water partition coefficient (Wildman–Crippen LogP) is 3.49. The van der Waals surface area contributed by atoms with Gasteiger partial charge >= 0.3 is 5.97 Å². The van der Waals surface area contributed by atoms with E-state index in [2.05, 4.69) is 27.8 Å². The normalized spacial score (nSPS) is 19.5. The van der Waals surface area contributed by atoms with Crippen molar-refractivity contribution in [2.45, 2.75) is 69.3 Å². The van der Waals surface area contributed by atoms with E-state index in [1.54, 1.807) is 11.6 Å². The summed E-state index contributed by atoms with van der Waals surface area (Å²) in [6.45, 7) is 6.14. The Balaban J connectivity index is 1.52. The van der Waals surface area contributed by atoms with Gasteiger partial charge in [0.05, 0.1) is 23.5 Å². The molecule has 1 fully saturated rings. The van der Waals surface area contributed by atoms with Gasteiger partial charge in [-0.15, -0.1) is 16.4 Å². The van der Waals surface area contributed by atoms with Gasteiger partial charge in [-0.25, -0.2) is 9.48 Å². The second kappa shape index (κ2) is 8.43. The van der Waals surface area contributed by atoms with Crippen LogP contribution >= 0.6 is 23.1 Å². The zero-order valence-corrected chi connectivity index (χ0v) is 18.4. The largest absolute Gasteiger partial charge is 0.462 e. The first kappa shape index (κ1) is 20.3. The number of rotatable bonds is 7. The van der Waals surface area contributed by atoms with Gasteiger partial charge in [0.25, 0.3) is 0 Å². The fourth-order valence-electron chi connectivity index (χ4n) is 3.49. The van der Waals surface area contributed by atoms with Crippen molar-refractivity contribution >= 4 is 40.0 Å². The van der Waals surface area contributed by atoms with E-state index >= 15 is 0 Å². The number of ether oxygens (including phenoxy) is 1. The van der Waals surface area contributed by atoms with E-state index in [-0.39, 0.29) is 11.9 Å². The first-order chi connectivity index (χ1) is 14.0. The maximum atomic E-state index is 12.9. The molecule has 0 spiro atoms. The molecule has 0 radical (unpaired) electrons. The van der Waals surface area contributed by atoms with E-state index in [1.165, 1.54) is 28.0 Å². The van der Waals surface area contributed by atoms with E-state index < -0.39 is 5.25 Å². The second-order valence-electron chi connectivity index (χ2n) is 7.66. The minimum Gasteiger partial charge on any atom is -0.462 e. The third-order valence-electron chi connectivity index (χ3n) is 5.23. The van der Waals surface area contributed by atoms with Crippen LogP contribution in [-0.2, 0) is 22.4 Å².